The molecule has 0 saturated carbocycles. The zero-order valence-electron chi connectivity index (χ0n) is 8.11. The SMILES string of the molecule is C=C(C)CCNc1ccc(Cl)cc1Br. The molecule has 0 aliphatic carbocycles. The molecule has 1 N–H and O–H groups in total. The minimum absolute atomic E-state index is 0.738. The van der Waals surface area contributed by atoms with Crippen LogP contribution < -0.4 is 5.32 Å². The van der Waals surface area contributed by atoms with E-state index < -0.39 is 0 Å². The molecule has 0 spiro atoms. The fourth-order valence-corrected chi connectivity index (χ4v) is 1.87. The summed E-state index contributed by atoms with van der Waals surface area (Å²) in [6.45, 7) is 6.77. The topological polar surface area (TPSA) is 12.0 Å². The lowest BCUT2D eigenvalue weighted by atomic mass is 10.2. The van der Waals surface area contributed by atoms with Crippen LogP contribution in [0.4, 0.5) is 5.69 Å². The third kappa shape index (κ3) is 3.72. The van der Waals surface area contributed by atoms with Crippen LogP contribution in [-0.2, 0) is 0 Å². The van der Waals surface area contributed by atoms with Crippen molar-refractivity contribution in [2.45, 2.75) is 13.3 Å². The number of nitrogens with one attached hydrogen (secondary N) is 1. The van der Waals surface area contributed by atoms with E-state index in [-0.39, 0.29) is 0 Å². The van der Waals surface area contributed by atoms with E-state index in [1.165, 1.54) is 5.57 Å². The molecule has 1 nitrogen and oxygen atoms in total. The number of halogens is 2. The molecule has 0 aliphatic heterocycles. The van der Waals surface area contributed by atoms with E-state index >= 15 is 0 Å². The minimum atomic E-state index is 0.738. The van der Waals surface area contributed by atoms with Crippen molar-refractivity contribution in [3.8, 4) is 0 Å². The molecule has 0 fully saturated rings. The van der Waals surface area contributed by atoms with Gasteiger partial charge in [0, 0.05) is 21.7 Å². The molecule has 0 amide bonds. The fourth-order valence-electron chi connectivity index (χ4n) is 1.04. The van der Waals surface area contributed by atoms with Gasteiger partial charge in [-0.3, -0.25) is 0 Å². The Balaban J connectivity index is 2.55. The average molecular weight is 275 g/mol. The zero-order valence-corrected chi connectivity index (χ0v) is 10.5. The maximum Gasteiger partial charge on any atom is 0.0485 e. The van der Waals surface area contributed by atoms with Gasteiger partial charge in [0.25, 0.3) is 0 Å². The highest BCUT2D eigenvalue weighted by Crippen LogP contribution is 2.25. The second-order valence-electron chi connectivity index (χ2n) is 3.26. The third-order valence-electron chi connectivity index (χ3n) is 1.80. The van der Waals surface area contributed by atoms with Crippen molar-refractivity contribution in [3.63, 3.8) is 0 Å². The number of benzene rings is 1. The number of hydrogen-bond acceptors (Lipinski definition) is 1. The number of hydrogen-bond donors (Lipinski definition) is 1. The normalized spacial score (nSPS) is 9.93. The molecule has 76 valence electrons. The molecule has 1 aromatic rings. The molecule has 0 aliphatic rings. The highest BCUT2D eigenvalue weighted by Gasteiger charge is 1.99. The summed E-state index contributed by atoms with van der Waals surface area (Å²) in [5.74, 6) is 0. The van der Waals surface area contributed by atoms with E-state index in [2.05, 4.69) is 27.8 Å². The molecular weight excluding hydrogens is 261 g/mol. The first kappa shape index (κ1) is 11.6. The summed E-state index contributed by atoms with van der Waals surface area (Å²) in [6, 6.07) is 5.71. The van der Waals surface area contributed by atoms with E-state index in [1.54, 1.807) is 0 Å². The molecule has 3 heteroatoms. The van der Waals surface area contributed by atoms with Gasteiger partial charge in [0.1, 0.15) is 0 Å². The van der Waals surface area contributed by atoms with Gasteiger partial charge in [-0.2, -0.15) is 0 Å². The standard InChI is InChI=1S/C11H13BrClN/c1-8(2)5-6-14-11-4-3-9(13)7-10(11)12/h3-4,7,14H,1,5-6H2,2H3. The van der Waals surface area contributed by atoms with Crippen LogP contribution in [0, 0.1) is 0 Å². The van der Waals surface area contributed by atoms with Crippen LogP contribution >= 0.6 is 27.5 Å². The Kier molecular flexibility index (Phi) is 4.49. The largest absolute Gasteiger partial charge is 0.384 e. The molecule has 1 aromatic carbocycles. The van der Waals surface area contributed by atoms with E-state index in [1.807, 2.05) is 25.1 Å². The Labute approximate surface area is 98.3 Å². The molecule has 0 bridgehead atoms. The van der Waals surface area contributed by atoms with Crippen molar-refractivity contribution in [1.82, 2.24) is 0 Å². The van der Waals surface area contributed by atoms with Crippen molar-refractivity contribution in [2.24, 2.45) is 0 Å². The fraction of sp³-hybridized carbons (Fsp3) is 0.273. The van der Waals surface area contributed by atoms with Crippen molar-refractivity contribution < 1.29 is 0 Å². The van der Waals surface area contributed by atoms with Crippen LogP contribution in [0.15, 0.2) is 34.8 Å². The summed E-state index contributed by atoms with van der Waals surface area (Å²) in [5.41, 5.74) is 2.25. The van der Waals surface area contributed by atoms with Gasteiger partial charge in [-0.15, -0.1) is 6.58 Å². The van der Waals surface area contributed by atoms with Crippen LogP contribution in [0.3, 0.4) is 0 Å². The zero-order chi connectivity index (χ0) is 10.6. The van der Waals surface area contributed by atoms with Gasteiger partial charge in [-0.05, 0) is 47.5 Å². The van der Waals surface area contributed by atoms with Gasteiger partial charge in [-0.1, -0.05) is 17.2 Å². The van der Waals surface area contributed by atoms with Crippen molar-refractivity contribution in [2.75, 3.05) is 11.9 Å². The monoisotopic (exact) mass is 273 g/mol. The molecule has 0 heterocycles. The predicted molar refractivity (Wildman–Crippen MR) is 67.1 cm³/mol. The van der Waals surface area contributed by atoms with Gasteiger partial charge in [0.2, 0.25) is 0 Å². The molecule has 0 aromatic heterocycles. The average Bonchev–Trinajstić information content (AvgIpc) is 2.08. The Morgan fingerprint density at radius 2 is 2.29 bits per heavy atom. The van der Waals surface area contributed by atoms with E-state index in [0.717, 1.165) is 28.1 Å². The summed E-state index contributed by atoms with van der Waals surface area (Å²) in [5, 5.41) is 4.04. The Morgan fingerprint density at radius 1 is 1.57 bits per heavy atom. The number of rotatable bonds is 4. The molecule has 0 radical (unpaired) electrons. The molecular formula is C11H13BrClN. The lowest BCUT2D eigenvalue weighted by molar-refractivity contribution is 1.00. The highest BCUT2D eigenvalue weighted by molar-refractivity contribution is 9.10. The molecule has 1 rings (SSSR count). The van der Waals surface area contributed by atoms with E-state index in [9.17, 15) is 0 Å². The lowest BCUT2D eigenvalue weighted by Gasteiger charge is -2.08. The molecule has 0 unspecified atom stereocenters. The smallest absolute Gasteiger partial charge is 0.0485 e. The first-order chi connectivity index (χ1) is 6.59. The van der Waals surface area contributed by atoms with Gasteiger partial charge < -0.3 is 5.32 Å². The Bertz CT molecular complexity index is 336. The summed E-state index contributed by atoms with van der Waals surface area (Å²) in [7, 11) is 0. The molecule has 0 saturated heterocycles. The summed E-state index contributed by atoms with van der Waals surface area (Å²) < 4.78 is 0.992. The summed E-state index contributed by atoms with van der Waals surface area (Å²) in [6.07, 6.45) is 0.981. The third-order valence-corrected chi connectivity index (χ3v) is 2.69. The van der Waals surface area contributed by atoms with Crippen LogP contribution in [0.25, 0.3) is 0 Å². The van der Waals surface area contributed by atoms with Crippen molar-refractivity contribution >= 4 is 33.2 Å². The Morgan fingerprint density at radius 3 is 2.86 bits per heavy atom. The maximum absolute atomic E-state index is 5.83. The van der Waals surface area contributed by atoms with Crippen LogP contribution in [-0.4, -0.2) is 6.54 Å². The van der Waals surface area contributed by atoms with Crippen molar-refractivity contribution in [3.05, 3.63) is 39.8 Å². The molecule has 0 atom stereocenters. The Hall–Kier alpha value is -0.470. The van der Waals surface area contributed by atoms with Gasteiger partial charge in [0.05, 0.1) is 0 Å². The van der Waals surface area contributed by atoms with E-state index in [0.29, 0.717) is 0 Å². The van der Waals surface area contributed by atoms with Crippen molar-refractivity contribution in [1.29, 1.82) is 0 Å². The quantitative estimate of drug-likeness (QED) is 0.798. The predicted octanol–water partition coefficient (Wildman–Crippen LogP) is 4.48. The highest BCUT2D eigenvalue weighted by atomic mass is 79.9. The van der Waals surface area contributed by atoms with Gasteiger partial charge in [0.15, 0.2) is 0 Å². The van der Waals surface area contributed by atoms with Gasteiger partial charge in [-0.25, -0.2) is 0 Å². The summed E-state index contributed by atoms with van der Waals surface area (Å²) in [4.78, 5) is 0. The van der Waals surface area contributed by atoms with Crippen LogP contribution in [0.5, 0.6) is 0 Å². The summed E-state index contributed by atoms with van der Waals surface area (Å²) >= 11 is 9.27. The lowest BCUT2D eigenvalue weighted by Crippen LogP contribution is -2.01. The second-order valence-corrected chi connectivity index (χ2v) is 4.55. The van der Waals surface area contributed by atoms with Crippen LogP contribution in [0.1, 0.15) is 13.3 Å². The molecule has 14 heavy (non-hydrogen) atoms. The van der Waals surface area contributed by atoms with Gasteiger partial charge >= 0.3 is 0 Å². The first-order valence-corrected chi connectivity index (χ1v) is 5.60. The second kappa shape index (κ2) is 5.42. The van der Waals surface area contributed by atoms with Crippen LogP contribution in [0.2, 0.25) is 5.02 Å². The minimum Gasteiger partial charge on any atom is -0.384 e. The first-order valence-electron chi connectivity index (χ1n) is 4.43. The number of anilines is 1. The van der Waals surface area contributed by atoms with E-state index in [4.69, 9.17) is 11.6 Å². The maximum atomic E-state index is 5.83.